The Balaban J connectivity index is 2.14. The smallest absolute Gasteiger partial charge is 0.292 e. The summed E-state index contributed by atoms with van der Waals surface area (Å²) in [6.45, 7) is 3.44. The minimum absolute atomic E-state index is 0.0276. The lowest BCUT2D eigenvalue weighted by Crippen LogP contribution is -2.35. The number of hydrogen-bond acceptors (Lipinski definition) is 4. The first kappa shape index (κ1) is 16.6. The van der Waals surface area contributed by atoms with E-state index >= 15 is 0 Å². The number of benzene rings is 1. The van der Waals surface area contributed by atoms with Crippen LogP contribution >= 0.6 is 11.6 Å². The summed E-state index contributed by atoms with van der Waals surface area (Å²) in [5.74, 6) is 0.528. The van der Waals surface area contributed by atoms with E-state index in [2.05, 4.69) is 0 Å². The highest BCUT2D eigenvalue weighted by Gasteiger charge is 2.25. The van der Waals surface area contributed by atoms with Gasteiger partial charge < -0.3 is 19.5 Å². The average molecular weight is 326 g/mol. The van der Waals surface area contributed by atoms with Crippen molar-refractivity contribution >= 4 is 17.5 Å². The van der Waals surface area contributed by atoms with Crippen LogP contribution in [-0.2, 0) is 20.8 Å². The van der Waals surface area contributed by atoms with Crippen LogP contribution in [0.25, 0.3) is 0 Å². The van der Waals surface area contributed by atoms with E-state index in [1.54, 1.807) is 24.0 Å². The number of carbonyl (C=O) groups excluding carboxylic acids is 1. The van der Waals surface area contributed by atoms with Crippen LogP contribution in [0.3, 0.4) is 0 Å². The van der Waals surface area contributed by atoms with Crippen LogP contribution in [0.5, 0.6) is 0 Å². The molecule has 0 fully saturated rings. The molecule has 6 heteroatoms. The molecule has 1 aliphatic heterocycles. The van der Waals surface area contributed by atoms with Crippen molar-refractivity contribution in [3.63, 3.8) is 0 Å². The molecule has 0 radical (unpaired) electrons. The molecular formula is C16H20ClNO4. The Labute approximate surface area is 135 Å². The SMILES string of the molecule is CC1=C(C(=O)N(CCCO)Cc2ccc(Cl)cc2)OCCO1. The van der Waals surface area contributed by atoms with Crippen LogP contribution in [0.15, 0.2) is 35.8 Å². The Kier molecular flexibility index (Phi) is 6.10. The number of allylic oxidation sites excluding steroid dienone is 1. The van der Waals surface area contributed by atoms with Crippen molar-refractivity contribution in [2.45, 2.75) is 19.9 Å². The average Bonchev–Trinajstić information content (AvgIpc) is 2.53. The molecule has 0 bridgehead atoms. The number of amides is 1. The van der Waals surface area contributed by atoms with Gasteiger partial charge in [-0.25, -0.2) is 0 Å². The first-order chi connectivity index (χ1) is 10.6. The monoisotopic (exact) mass is 325 g/mol. The number of nitrogens with zero attached hydrogens (tertiary/aromatic N) is 1. The second kappa shape index (κ2) is 8.06. The number of aliphatic hydroxyl groups is 1. The highest BCUT2D eigenvalue weighted by molar-refractivity contribution is 6.30. The lowest BCUT2D eigenvalue weighted by Gasteiger charge is -2.26. The van der Waals surface area contributed by atoms with E-state index in [1.807, 2.05) is 12.1 Å². The van der Waals surface area contributed by atoms with Gasteiger partial charge in [-0.15, -0.1) is 0 Å². The predicted octanol–water partition coefficient (Wildman–Crippen LogP) is 2.33. The third-order valence-electron chi connectivity index (χ3n) is 3.32. The summed E-state index contributed by atoms with van der Waals surface area (Å²) in [5, 5.41) is 9.69. The Morgan fingerprint density at radius 3 is 2.59 bits per heavy atom. The van der Waals surface area contributed by atoms with Crippen molar-refractivity contribution in [1.29, 1.82) is 0 Å². The Morgan fingerprint density at radius 2 is 1.95 bits per heavy atom. The van der Waals surface area contributed by atoms with Gasteiger partial charge in [-0.1, -0.05) is 23.7 Å². The topological polar surface area (TPSA) is 59.0 Å². The van der Waals surface area contributed by atoms with Gasteiger partial charge in [-0.05, 0) is 31.0 Å². The maximum absolute atomic E-state index is 12.6. The van der Waals surface area contributed by atoms with Crippen LogP contribution in [0.2, 0.25) is 5.02 Å². The molecule has 1 aliphatic rings. The number of halogens is 1. The van der Waals surface area contributed by atoms with Gasteiger partial charge in [-0.2, -0.15) is 0 Å². The van der Waals surface area contributed by atoms with Gasteiger partial charge in [0.25, 0.3) is 5.91 Å². The van der Waals surface area contributed by atoms with E-state index in [-0.39, 0.29) is 18.3 Å². The minimum Gasteiger partial charge on any atom is -0.491 e. The third kappa shape index (κ3) is 4.39. The molecule has 0 aromatic heterocycles. The Hall–Kier alpha value is -1.72. The summed E-state index contributed by atoms with van der Waals surface area (Å²) >= 11 is 5.88. The second-order valence-corrected chi connectivity index (χ2v) is 5.45. The maximum atomic E-state index is 12.6. The summed E-state index contributed by atoms with van der Waals surface area (Å²) in [6, 6.07) is 7.33. The van der Waals surface area contributed by atoms with Crippen LogP contribution in [0.1, 0.15) is 18.9 Å². The molecule has 1 aromatic rings. The number of ether oxygens (including phenoxy) is 2. The molecule has 120 valence electrons. The Morgan fingerprint density at radius 1 is 1.27 bits per heavy atom. The largest absolute Gasteiger partial charge is 0.491 e. The molecule has 0 unspecified atom stereocenters. The van der Waals surface area contributed by atoms with Gasteiger partial charge in [0.15, 0.2) is 0 Å². The molecular weight excluding hydrogens is 306 g/mol. The lowest BCUT2D eigenvalue weighted by molar-refractivity contribution is -0.133. The molecule has 22 heavy (non-hydrogen) atoms. The van der Waals surface area contributed by atoms with Gasteiger partial charge in [0, 0.05) is 24.7 Å². The fourth-order valence-corrected chi connectivity index (χ4v) is 2.31. The molecule has 0 saturated heterocycles. The summed E-state index contributed by atoms with van der Waals surface area (Å²) in [7, 11) is 0. The van der Waals surface area contributed by atoms with E-state index in [4.69, 9.17) is 26.2 Å². The highest BCUT2D eigenvalue weighted by Crippen LogP contribution is 2.18. The summed E-state index contributed by atoms with van der Waals surface area (Å²) < 4.78 is 10.8. The number of aliphatic hydroxyl groups excluding tert-OH is 1. The van der Waals surface area contributed by atoms with Crippen molar-refractivity contribution in [3.05, 3.63) is 46.4 Å². The highest BCUT2D eigenvalue weighted by atomic mass is 35.5. The molecule has 2 rings (SSSR count). The van der Waals surface area contributed by atoms with E-state index in [0.717, 1.165) is 5.56 Å². The zero-order valence-corrected chi connectivity index (χ0v) is 13.3. The first-order valence-electron chi connectivity index (χ1n) is 7.23. The molecule has 1 heterocycles. The molecule has 1 amide bonds. The number of carbonyl (C=O) groups is 1. The molecule has 5 nitrogen and oxygen atoms in total. The predicted molar refractivity (Wildman–Crippen MR) is 83.2 cm³/mol. The van der Waals surface area contributed by atoms with Crippen molar-refractivity contribution in [1.82, 2.24) is 4.90 Å². The minimum atomic E-state index is -0.222. The van der Waals surface area contributed by atoms with Crippen LogP contribution in [0, 0.1) is 0 Å². The van der Waals surface area contributed by atoms with E-state index in [1.165, 1.54) is 0 Å². The summed E-state index contributed by atoms with van der Waals surface area (Å²) in [4.78, 5) is 14.3. The molecule has 0 spiro atoms. The standard InChI is InChI=1S/C16H20ClNO4/c1-12-15(22-10-9-21-12)16(20)18(7-2-8-19)11-13-3-5-14(17)6-4-13/h3-6,19H,2,7-11H2,1H3. The zero-order valence-electron chi connectivity index (χ0n) is 12.5. The van der Waals surface area contributed by atoms with Gasteiger partial charge in [-0.3, -0.25) is 4.79 Å². The first-order valence-corrected chi connectivity index (χ1v) is 7.60. The van der Waals surface area contributed by atoms with Crippen molar-refractivity contribution in [3.8, 4) is 0 Å². The maximum Gasteiger partial charge on any atom is 0.292 e. The third-order valence-corrected chi connectivity index (χ3v) is 3.57. The van der Waals surface area contributed by atoms with Crippen LogP contribution in [-0.4, -0.2) is 42.3 Å². The van der Waals surface area contributed by atoms with Gasteiger partial charge in [0.1, 0.15) is 19.0 Å². The van der Waals surface area contributed by atoms with Crippen molar-refractivity contribution < 1.29 is 19.4 Å². The normalized spacial score (nSPS) is 14.3. The fourth-order valence-electron chi connectivity index (χ4n) is 2.19. The zero-order chi connectivity index (χ0) is 15.9. The van der Waals surface area contributed by atoms with Gasteiger partial charge >= 0.3 is 0 Å². The van der Waals surface area contributed by atoms with Crippen molar-refractivity contribution in [2.75, 3.05) is 26.4 Å². The molecule has 1 N–H and O–H groups in total. The van der Waals surface area contributed by atoms with Gasteiger partial charge in [0.05, 0.1) is 0 Å². The molecule has 0 atom stereocenters. The fraction of sp³-hybridized carbons (Fsp3) is 0.438. The summed E-state index contributed by atoms with van der Waals surface area (Å²) in [5.41, 5.74) is 0.964. The number of rotatable bonds is 6. The second-order valence-electron chi connectivity index (χ2n) is 5.01. The molecule has 0 saturated carbocycles. The quantitative estimate of drug-likeness (QED) is 0.872. The van der Waals surface area contributed by atoms with Crippen LogP contribution in [0.4, 0.5) is 0 Å². The van der Waals surface area contributed by atoms with Crippen molar-refractivity contribution in [2.24, 2.45) is 0 Å². The van der Waals surface area contributed by atoms with E-state index < -0.39 is 0 Å². The van der Waals surface area contributed by atoms with E-state index in [0.29, 0.717) is 43.5 Å². The molecule has 1 aromatic carbocycles. The number of hydrogen-bond donors (Lipinski definition) is 1. The van der Waals surface area contributed by atoms with Crippen LogP contribution < -0.4 is 0 Å². The Bertz CT molecular complexity index is 542. The molecule has 0 aliphatic carbocycles. The summed E-state index contributed by atoms with van der Waals surface area (Å²) in [6.07, 6.45) is 0.506. The van der Waals surface area contributed by atoms with E-state index in [9.17, 15) is 4.79 Å². The lowest BCUT2D eigenvalue weighted by atomic mass is 10.2. The van der Waals surface area contributed by atoms with Gasteiger partial charge in [0.2, 0.25) is 5.76 Å².